The zero-order chi connectivity index (χ0) is 19.1. The summed E-state index contributed by atoms with van der Waals surface area (Å²) >= 11 is 0. The molecule has 1 heterocycles. The highest BCUT2D eigenvalue weighted by atomic mass is 16.3. The first-order valence-corrected chi connectivity index (χ1v) is 10.2. The minimum absolute atomic E-state index is 0.0914. The third kappa shape index (κ3) is 6.24. The Balaban J connectivity index is 1.45. The van der Waals surface area contributed by atoms with Gasteiger partial charge in [0, 0.05) is 24.8 Å². The van der Waals surface area contributed by atoms with E-state index in [2.05, 4.69) is 10.6 Å². The van der Waals surface area contributed by atoms with Gasteiger partial charge in [-0.2, -0.15) is 0 Å². The van der Waals surface area contributed by atoms with Gasteiger partial charge in [-0.15, -0.1) is 0 Å². The van der Waals surface area contributed by atoms with Crippen LogP contribution < -0.4 is 10.6 Å². The molecule has 1 aromatic rings. The number of piperidine rings is 1. The maximum atomic E-state index is 12.4. The molecule has 1 saturated heterocycles. The van der Waals surface area contributed by atoms with Gasteiger partial charge in [-0.3, -0.25) is 4.79 Å². The van der Waals surface area contributed by atoms with E-state index in [0.717, 1.165) is 24.1 Å². The molecule has 27 heavy (non-hydrogen) atoms. The first-order valence-electron chi connectivity index (χ1n) is 10.2. The van der Waals surface area contributed by atoms with E-state index >= 15 is 0 Å². The minimum Gasteiger partial charge on any atom is -0.393 e. The Labute approximate surface area is 161 Å². The van der Waals surface area contributed by atoms with Crippen LogP contribution in [0.1, 0.15) is 56.9 Å². The quantitative estimate of drug-likeness (QED) is 0.710. The van der Waals surface area contributed by atoms with E-state index in [1.165, 1.54) is 25.7 Å². The Hall–Kier alpha value is -2.08. The summed E-state index contributed by atoms with van der Waals surface area (Å²) in [7, 11) is 0. The zero-order valence-electron chi connectivity index (χ0n) is 16.0. The molecule has 3 amide bonds. The van der Waals surface area contributed by atoms with Gasteiger partial charge >= 0.3 is 6.03 Å². The van der Waals surface area contributed by atoms with Crippen molar-refractivity contribution in [1.82, 2.24) is 10.2 Å². The molecule has 0 bridgehead atoms. The van der Waals surface area contributed by atoms with Crippen LogP contribution in [0.5, 0.6) is 0 Å². The summed E-state index contributed by atoms with van der Waals surface area (Å²) in [6.07, 6.45) is 8.40. The molecule has 3 rings (SSSR count). The van der Waals surface area contributed by atoms with Crippen LogP contribution in [0.2, 0.25) is 0 Å². The maximum Gasteiger partial charge on any atom is 0.319 e. The normalized spacial score (nSPS) is 19.4. The summed E-state index contributed by atoms with van der Waals surface area (Å²) < 4.78 is 0. The predicted molar refractivity (Wildman–Crippen MR) is 106 cm³/mol. The van der Waals surface area contributed by atoms with E-state index < -0.39 is 0 Å². The second-order valence-electron chi connectivity index (χ2n) is 7.77. The van der Waals surface area contributed by atoms with E-state index in [1.807, 2.05) is 29.2 Å². The first kappa shape index (κ1) is 19.7. The van der Waals surface area contributed by atoms with Crippen molar-refractivity contribution in [3.63, 3.8) is 0 Å². The zero-order valence-corrected chi connectivity index (χ0v) is 16.0. The summed E-state index contributed by atoms with van der Waals surface area (Å²) in [4.78, 5) is 26.4. The summed E-state index contributed by atoms with van der Waals surface area (Å²) in [5.41, 5.74) is 1.67. The fourth-order valence-electron chi connectivity index (χ4n) is 3.88. The van der Waals surface area contributed by atoms with Gasteiger partial charge in [-0.1, -0.05) is 37.8 Å². The molecule has 6 heteroatoms. The molecule has 148 valence electrons. The van der Waals surface area contributed by atoms with Crippen LogP contribution in [-0.4, -0.2) is 47.2 Å². The molecule has 0 spiro atoms. The number of rotatable bonds is 4. The van der Waals surface area contributed by atoms with Crippen LogP contribution in [0.15, 0.2) is 24.3 Å². The topological polar surface area (TPSA) is 81.7 Å². The van der Waals surface area contributed by atoms with Gasteiger partial charge in [0.15, 0.2) is 0 Å². The van der Waals surface area contributed by atoms with E-state index in [0.29, 0.717) is 32.4 Å². The van der Waals surface area contributed by atoms with Crippen LogP contribution in [0, 0.1) is 0 Å². The molecule has 1 aromatic carbocycles. The second-order valence-corrected chi connectivity index (χ2v) is 7.77. The van der Waals surface area contributed by atoms with Gasteiger partial charge in [0.05, 0.1) is 12.5 Å². The Morgan fingerprint density at radius 3 is 2.22 bits per heavy atom. The lowest BCUT2D eigenvalue weighted by molar-refractivity contribution is -0.132. The number of amides is 3. The number of anilines is 1. The predicted octanol–water partition coefficient (Wildman–Crippen LogP) is 3.06. The van der Waals surface area contributed by atoms with Gasteiger partial charge < -0.3 is 20.6 Å². The molecule has 1 saturated carbocycles. The summed E-state index contributed by atoms with van der Waals surface area (Å²) in [6, 6.07) is 7.57. The lowest BCUT2D eigenvalue weighted by Gasteiger charge is -2.29. The minimum atomic E-state index is -0.274. The summed E-state index contributed by atoms with van der Waals surface area (Å²) in [5, 5.41) is 15.5. The van der Waals surface area contributed by atoms with Crippen molar-refractivity contribution in [2.45, 2.75) is 69.9 Å². The maximum absolute atomic E-state index is 12.4. The Morgan fingerprint density at radius 2 is 1.59 bits per heavy atom. The number of benzene rings is 1. The number of carbonyl (C=O) groups excluding carboxylic acids is 2. The number of likely N-dealkylation sites (tertiary alicyclic amines) is 1. The molecule has 0 unspecified atom stereocenters. The van der Waals surface area contributed by atoms with Gasteiger partial charge in [0.25, 0.3) is 0 Å². The number of nitrogens with one attached hydrogen (secondary N) is 2. The number of hydrogen-bond acceptors (Lipinski definition) is 3. The Kier molecular flexibility index (Phi) is 7.10. The first-order chi connectivity index (χ1) is 13.1. The molecule has 2 fully saturated rings. The van der Waals surface area contributed by atoms with Gasteiger partial charge in [0.1, 0.15) is 0 Å². The largest absolute Gasteiger partial charge is 0.393 e. The molecular weight excluding hydrogens is 342 g/mol. The smallest absolute Gasteiger partial charge is 0.319 e. The molecule has 0 aromatic heterocycles. The molecule has 3 N–H and O–H groups in total. The van der Waals surface area contributed by atoms with Crippen molar-refractivity contribution < 1.29 is 14.7 Å². The van der Waals surface area contributed by atoms with Crippen molar-refractivity contribution >= 4 is 17.6 Å². The van der Waals surface area contributed by atoms with E-state index in [4.69, 9.17) is 0 Å². The number of hydrogen-bond donors (Lipinski definition) is 3. The van der Waals surface area contributed by atoms with Crippen LogP contribution >= 0.6 is 0 Å². The lowest BCUT2D eigenvalue weighted by atomic mass is 10.1. The highest BCUT2D eigenvalue weighted by molar-refractivity contribution is 5.89. The fourth-order valence-corrected chi connectivity index (χ4v) is 3.88. The van der Waals surface area contributed by atoms with Gasteiger partial charge in [0.2, 0.25) is 5.91 Å². The van der Waals surface area contributed by atoms with E-state index in [-0.39, 0.29) is 24.1 Å². The van der Waals surface area contributed by atoms with Crippen LogP contribution in [0.3, 0.4) is 0 Å². The SMILES string of the molecule is O=C(Nc1ccc(CC(=O)N2CCC(O)CC2)cc1)NC1CCCCCC1. The van der Waals surface area contributed by atoms with Gasteiger partial charge in [-0.05, 0) is 43.4 Å². The summed E-state index contributed by atoms with van der Waals surface area (Å²) in [5.74, 6) is 0.0914. The molecule has 0 atom stereocenters. The standard InChI is InChI=1S/C21H31N3O3/c25-19-11-13-24(14-12-19)20(26)15-16-7-9-18(10-8-16)23-21(27)22-17-5-3-1-2-4-6-17/h7-10,17,19,25H,1-6,11-15H2,(H2,22,23,27). The molecule has 1 aliphatic carbocycles. The Morgan fingerprint density at radius 1 is 0.963 bits per heavy atom. The fraction of sp³-hybridized carbons (Fsp3) is 0.619. The van der Waals surface area contributed by atoms with Crippen LogP contribution in [-0.2, 0) is 11.2 Å². The molecule has 1 aliphatic heterocycles. The molecule has 6 nitrogen and oxygen atoms in total. The number of nitrogens with zero attached hydrogens (tertiary/aromatic N) is 1. The van der Waals surface area contributed by atoms with Crippen LogP contribution in [0.4, 0.5) is 10.5 Å². The average Bonchev–Trinajstić information content (AvgIpc) is 2.92. The van der Waals surface area contributed by atoms with E-state index in [1.54, 1.807) is 0 Å². The average molecular weight is 373 g/mol. The number of aliphatic hydroxyl groups excluding tert-OH is 1. The van der Waals surface area contributed by atoms with Gasteiger partial charge in [-0.25, -0.2) is 4.79 Å². The highest BCUT2D eigenvalue weighted by Gasteiger charge is 2.21. The van der Waals surface area contributed by atoms with Crippen molar-refractivity contribution in [2.24, 2.45) is 0 Å². The lowest BCUT2D eigenvalue weighted by Crippen LogP contribution is -2.40. The molecular formula is C21H31N3O3. The van der Waals surface area contributed by atoms with Crippen molar-refractivity contribution in [3.05, 3.63) is 29.8 Å². The number of carbonyl (C=O) groups is 2. The summed E-state index contributed by atoms with van der Waals surface area (Å²) in [6.45, 7) is 1.25. The number of urea groups is 1. The third-order valence-corrected chi connectivity index (χ3v) is 5.57. The van der Waals surface area contributed by atoms with Crippen molar-refractivity contribution in [3.8, 4) is 0 Å². The highest BCUT2D eigenvalue weighted by Crippen LogP contribution is 2.18. The monoisotopic (exact) mass is 373 g/mol. The number of aliphatic hydroxyl groups is 1. The molecule has 0 radical (unpaired) electrons. The van der Waals surface area contributed by atoms with Crippen molar-refractivity contribution in [1.29, 1.82) is 0 Å². The van der Waals surface area contributed by atoms with Crippen LogP contribution in [0.25, 0.3) is 0 Å². The van der Waals surface area contributed by atoms with E-state index in [9.17, 15) is 14.7 Å². The second kappa shape index (κ2) is 9.74. The van der Waals surface area contributed by atoms with Crippen molar-refractivity contribution in [2.75, 3.05) is 18.4 Å². The molecule has 2 aliphatic rings. The third-order valence-electron chi connectivity index (χ3n) is 5.57. The Bertz CT molecular complexity index is 616.